The Morgan fingerprint density at radius 1 is 1.10 bits per heavy atom. The molecule has 0 saturated heterocycles. The van der Waals surface area contributed by atoms with Crippen LogP contribution in [0.15, 0.2) is 85.2 Å². The molecule has 8 heteroatoms. The standard InChI is InChI=1S/C33H33N5O3/c1-3-23(26-18-37-28-15-21(32(34)35)12-13-24(26)28)25-16-29(41-2)31(33(40)38-17-22-11-7-8-14-36-22)27(19-39)30(25)20-9-5-4-6-10-20/h4-16,18,23,37,39H,3,17,19H2,1-2H3,(H3,34,35)(H,38,40). The highest BCUT2D eigenvalue weighted by atomic mass is 16.5. The van der Waals surface area contributed by atoms with Gasteiger partial charge in [-0.25, -0.2) is 0 Å². The molecule has 41 heavy (non-hydrogen) atoms. The van der Waals surface area contributed by atoms with Crippen molar-refractivity contribution in [1.82, 2.24) is 15.3 Å². The van der Waals surface area contributed by atoms with Crippen molar-refractivity contribution in [3.8, 4) is 16.9 Å². The van der Waals surface area contributed by atoms with Gasteiger partial charge in [0.2, 0.25) is 0 Å². The highest BCUT2D eigenvalue weighted by Gasteiger charge is 2.28. The highest BCUT2D eigenvalue weighted by molar-refractivity contribution is 6.01. The molecule has 208 valence electrons. The number of ether oxygens (including phenoxy) is 1. The van der Waals surface area contributed by atoms with E-state index < -0.39 is 0 Å². The first kappa shape index (κ1) is 27.6. The molecule has 0 aliphatic carbocycles. The third kappa shape index (κ3) is 5.42. The summed E-state index contributed by atoms with van der Waals surface area (Å²) in [5, 5.41) is 22.6. The number of nitrogens with zero attached hydrogens (tertiary/aromatic N) is 1. The van der Waals surface area contributed by atoms with Gasteiger partial charge in [0.25, 0.3) is 5.91 Å². The average molecular weight is 548 g/mol. The Kier molecular flexibility index (Phi) is 8.12. The van der Waals surface area contributed by atoms with E-state index in [1.807, 2.05) is 79.0 Å². The predicted molar refractivity (Wildman–Crippen MR) is 161 cm³/mol. The van der Waals surface area contributed by atoms with Gasteiger partial charge in [-0.2, -0.15) is 0 Å². The van der Waals surface area contributed by atoms with Gasteiger partial charge in [-0.15, -0.1) is 0 Å². The molecule has 1 unspecified atom stereocenters. The fourth-order valence-electron chi connectivity index (χ4n) is 5.50. The van der Waals surface area contributed by atoms with Crippen molar-refractivity contribution in [1.29, 1.82) is 5.41 Å². The van der Waals surface area contributed by atoms with Crippen molar-refractivity contribution in [2.45, 2.75) is 32.4 Å². The van der Waals surface area contributed by atoms with Gasteiger partial charge in [-0.1, -0.05) is 55.5 Å². The molecule has 0 aliphatic heterocycles. The number of H-pyrrole nitrogens is 1. The van der Waals surface area contributed by atoms with Gasteiger partial charge < -0.3 is 25.9 Å². The van der Waals surface area contributed by atoms with Crippen LogP contribution in [0.4, 0.5) is 0 Å². The molecule has 6 N–H and O–H groups in total. The van der Waals surface area contributed by atoms with E-state index in [-0.39, 0.29) is 30.8 Å². The van der Waals surface area contributed by atoms with Gasteiger partial charge in [0.1, 0.15) is 11.6 Å². The van der Waals surface area contributed by atoms with E-state index in [9.17, 15) is 9.90 Å². The van der Waals surface area contributed by atoms with Crippen LogP contribution >= 0.6 is 0 Å². The molecule has 0 radical (unpaired) electrons. The van der Waals surface area contributed by atoms with Crippen molar-refractivity contribution in [2.75, 3.05) is 7.11 Å². The van der Waals surface area contributed by atoms with Gasteiger partial charge >= 0.3 is 0 Å². The van der Waals surface area contributed by atoms with Gasteiger partial charge in [0, 0.05) is 40.3 Å². The largest absolute Gasteiger partial charge is 0.496 e. The second kappa shape index (κ2) is 12.1. The zero-order valence-corrected chi connectivity index (χ0v) is 23.1. The molecule has 1 atom stereocenters. The second-order valence-electron chi connectivity index (χ2n) is 9.80. The summed E-state index contributed by atoms with van der Waals surface area (Å²) in [4.78, 5) is 21.3. The second-order valence-corrected chi connectivity index (χ2v) is 9.80. The number of rotatable bonds is 10. The molecular formula is C33H33N5O3. The molecule has 0 spiro atoms. The Morgan fingerprint density at radius 2 is 1.88 bits per heavy atom. The number of hydrogen-bond acceptors (Lipinski definition) is 5. The molecule has 0 aliphatic rings. The lowest BCUT2D eigenvalue weighted by atomic mass is 9.80. The Hall–Kier alpha value is -4.95. The maximum Gasteiger partial charge on any atom is 0.255 e. The molecular weight excluding hydrogens is 514 g/mol. The summed E-state index contributed by atoms with van der Waals surface area (Å²) in [5.74, 6) is -0.0424. The fourth-order valence-corrected chi connectivity index (χ4v) is 5.50. The minimum absolute atomic E-state index is 0.00990. The zero-order valence-electron chi connectivity index (χ0n) is 23.1. The fraction of sp³-hybridized carbons (Fsp3) is 0.182. The Morgan fingerprint density at radius 3 is 2.54 bits per heavy atom. The van der Waals surface area contributed by atoms with Crippen LogP contribution in [0.1, 0.15) is 57.6 Å². The first-order chi connectivity index (χ1) is 20.0. The number of fused-ring (bicyclic) bond motifs is 1. The number of carbonyl (C=O) groups excluding carboxylic acids is 1. The number of aliphatic hydroxyl groups excluding tert-OH is 1. The van der Waals surface area contributed by atoms with E-state index in [0.717, 1.165) is 45.3 Å². The summed E-state index contributed by atoms with van der Waals surface area (Å²) in [6, 6.07) is 23.0. The van der Waals surface area contributed by atoms with Crippen molar-refractivity contribution >= 4 is 22.6 Å². The number of amides is 1. The van der Waals surface area contributed by atoms with E-state index in [1.165, 1.54) is 7.11 Å². The molecule has 0 saturated carbocycles. The number of nitrogens with two attached hydrogens (primary N) is 1. The molecule has 5 aromatic rings. The van der Waals surface area contributed by atoms with Crippen LogP contribution in [0.3, 0.4) is 0 Å². The number of aromatic nitrogens is 2. The molecule has 8 nitrogen and oxygen atoms in total. The van der Waals surface area contributed by atoms with E-state index in [2.05, 4.69) is 22.2 Å². The Labute approximate surface area is 238 Å². The average Bonchev–Trinajstić information content (AvgIpc) is 3.43. The molecule has 1 amide bonds. The SMILES string of the molecule is CCC(c1cc(OC)c(C(=O)NCc2ccccn2)c(CO)c1-c1ccccc1)c1c[nH]c2cc(C(=N)N)ccc12. The van der Waals surface area contributed by atoms with Crippen LogP contribution in [0.5, 0.6) is 5.75 Å². The van der Waals surface area contributed by atoms with Crippen molar-refractivity contribution < 1.29 is 14.6 Å². The van der Waals surface area contributed by atoms with Crippen molar-refractivity contribution in [3.63, 3.8) is 0 Å². The number of carbonyl (C=O) groups is 1. The van der Waals surface area contributed by atoms with Gasteiger partial charge in [0.15, 0.2) is 0 Å². The number of aliphatic hydroxyl groups is 1. The van der Waals surface area contributed by atoms with E-state index >= 15 is 0 Å². The molecule has 0 bridgehead atoms. The molecule has 2 aromatic heterocycles. The summed E-state index contributed by atoms with van der Waals surface area (Å²) in [5.41, 5.74) is 12.5. The normalized spacial score (nSPS) is 11.8. The minimum Gasteiger partial charge on any atom is -0.496 e. The molecule has 5 rings (SSSR count). The molecule has 2 heterocycles. The number of amidine groups is 1. The molecule has 3 aromatic carbocycles. The number of benzene rings is 3. The van der Waals surface area contributed by atoms with Crippen LogP contribution in [0.2, 0.25) is 0 Å². The number of hydrogen-bond donors (Lipinski definition) is 5. The van der Waals surface area contributed by atoms with E-state index in [4.69, 9.17) is 15.9 Å². The summed E-state index contributed by atoms with van der Waals surface area (Å²) < 4.78 is 5.80. The quantitative estimate of drug-likeness (QED) is 0.116. The summed E-state index contributed by atoms with van der Waals surface area (Å²) in [6.07, 6.45) is 4.41. The van der Waals surface area contributed by atoms with Crippen molar-refractivity contribution in [2.24, 2.45) is 5.73 Å². The van der Waals surface area contributed by atoms with E-state index in [1.54, 1.807) is 6.20 Å². The van der Waals surface area contributed by atoms with Crippen LogP contribution in [-0.2, 0) is 13.2 Å². The number of methoxy groups -OCH3 is 1. The van der Waals surface area contributed by atoms with Crippen LogP contribution in [-0.4, -0.2) is 33.9 Å². The summed E-state index contributed by atoms with van der Waals surface area (Å²) >= 11 is 0. The lowest BCUT2D eigenvalue weighted by Gasteiger charge is -2.25. The van der Waals surface area contributed by atoms with Gasteiger partial charge in [-0.05, 0) is 52.9 Å². The zero-order chi connectivity index (χ0) is 28.9. The Balaban J connectivity index is 1.69. The molecule has 0 fully saturated rings. The maximum atomic E-state index is 13.6. The topological polar surface area (TPSA) is 137 Å². The van der Waals surface area contributed by atoms with Crippen LogP contribution < -0.4 is 15.8 Å². The minimum atomic E-state index is -0.354. The monoisotopic (exact) mass is 547 g/mol. The predicted octanol–water partition coefficient (Wildman–Crippen LogP) is 5.49. The number of nitrogen functional groups attached to an aromatic ring is 1. The maximum absolute atomic E-state index is 13.6. The number of nitrogens with one attached hydrogen (secondary N) is 3. The van der Waals surface area contributed by atoms with E-state index in [0.29, 0.717) is 22.4 Å². The summed E-state index contributed by atoms with van der Waals surface area (Å²) in [7, 11) is 1.54. The number of aromatic amines is 1. The first-order valence-corrected chi connectivity index (χ1v) is 13.5. The lowest BCUT2D eigenvalue weighted by molar-refractivity contribution is 0.0944. The van der Waals surface area contributed by atoms with Crippen LogP contribution in [0, 0.1) is 5.41 Å². The van der Waals surface area contributed by atoms with Gasteiger partial charge in [-0.3, -0.25) is 15.2 Å². The first-order valence-electron chi connectivity index (χ1n) is 13.5. The Bertz CT molecular complexity index is 1700. The van der Waals surface area contributed by atoms with Crippen molar-refractivity contribution in [3.05, 3.63) is 119 Å². The highest BCUT2D eigenvalue weighted by Crippen LogP contribution is 2.44. The third-order valence-corrected chi connectivity index (χ3v) is 7.43. The lowest BCUT2D eigenvalue weighted by Crippen LogP contribution is -2.26. The number of pyridine rings is 1. The summed E-state index contributed by atoms with van der Waals surface area (Å²) in [6.45, 7) is 2.00. The van der Waals surface area contributed by atoms with Gasteiger partial charge in [0.05, 0.1) is 31.5 Å². The smallest absolute Gasteiger partial charge is 0.255 e. The van der Waals surface area contributed by atoms with Crippen LogP contribution in [0.25, 0.3) is 22.0 Å². The third-order valence-electron chi connectivity index (χ3n) is 7.43.